The number of carbonyl (C=O) groups excluding carboxylic acids is 1. The lowest BCUT2D eigenvalue weighted by molar-refractivity contribution is 0.0620. The Bertz CT molecular complexity index is 1090. The number of hydrogen-bond acceptors (Lipinski definition) is 4. The minimum absolute atomic E-state index is 0.216. The molecule has 1 amide bonds. The van der Waals surface area contributed by atoms with E-state index in [0.717, 1.165) is 12.8 Å². The fraction of sp³-hybridized carbons (Fsp3) is 0.318. The highest BCUT2D eigenvalue weighted by Gasteiger charge is 2.38. The van der Waals surface area contributed by atoms with Gasteiger partial charge >= 0.3 is 0 Å². The van der Waals surface area contributed by atoms with Gasteiger partial charge in [-0.1, -0.05) is 24.3 Å². The van der Waals surface area contributed by atoms with Gasteiger partial charge in [-0.2, -0.15) is 0 Å². The molecule has 0 aliphatic carbocycles. The van der Waals surface area contributed by atoms with Crippen molar-refractivity contribution >= 4 is 5.91 Å². The molecule has 0 radical (unpaired) electrons. The molecule has 1 fully saturated rings. The molecular weight excluding hydrogens is 373 g/mol. The molecule has 0 saturated carbocycles. The lowest BCUT2D eigenvalue weighted by atomic mass is 9.81. The Hall–Kier alpha value is -3.22. The van der Waals surface area contributed by atoms with Crippen LogP contribution in [0.1, 0.15) is 47.5 Å². The van der Waals surface area contributed by atoms with E-state index in [4.69, 9.17) is 4.42 Å². The average Bonchev–Trinajstić information content (AvgIpc) is 3.19. The van der Waals surface area contributed by atoms with Gasteiger partial charge in [0.1, 0.15) is 17.3 Å². The summed E-state index contributed by atoms with van der Waals surface area (Å²) in [6.45, 7) is 3.05. The van der Waals surface area contributed by atoms with Gasteiger partial charge < -0.3 is 14.3 Å². The number of aromatic nitrogens is 2. The highest BCUT2D eigenvalue weighted by atomic mass is 19.1. The number of hydrogen-bond donors (Lipinski definition) is 1. The largest absolute Gasteiger partial charge is 0.445 e. The summed E-state index contributed by atoms with van der Waals surface area (Å²) in [6.07, 6.45) is 3.57. The van der Waals surface area contributed by atoms with Crippen molar-refractivity contribution in [3.63, 3.8) is 0 Å². The van der Waals surface area contributed by atoms with Gasteiger partial charge in [-0.25, -0.2) is 9.37 Å². The number of aromatic amines is 1. The first-order valence-corrected chi connectivity index (χ1v) is 9.62. The first kappa shape index (κ1) is 19.1. The standard InChI is InChI=1S/C22H22FN3O3/c1-22(21-24-13-16(29-21)12-15-6-2-3-7-17(15)23)10-5-11-26(14-22)20(28)18-8-4-9-19(27)25-18/h2-4,6-9,13H,5,10-12,14H2,1H3,(H,25,27)/t22-/m1/s1. The summed E-state index contributed by atoms with van der Waals surface area (Å²) >= 11 is 0. The van der Waals surface area contributed by atoms with E-state index in [2.05, 4.69) is 9.97 Å². The molecular formula is C22H22FN3O3. The topological polar surface area (TPSA) is 79.2 Å². The maximum atomic E-state index is 13.9. The second-order valence-corrected chi connectivity index (χ2v) is 7.72. The van der Waals surface area contributed by atoms with Crippen molar-refractivity contribution in [3.8, 4) is 0 Å². The van der Waals surface area contributed by atoms with Crippen LogP contribution < -0.4 is 5.56 Å². The molecule has 1 aliphatic rings. The Labute approximate surface area is 167 Å². The fourth-order valence-corrected chi connectivity index (χ4v) is 3.83. The SMILES string of the molecule is C[C@@]1(c2ncc(Cc3ccccc3F)o2)CCCN(C(=O)c2cccc(=O)[nH]2)C1. The van der Waals surface area contributed by atoms with Gasteiger partial charge in [0.05, 0.1) is 11.6 Å². The van der Waals surface area contributed by atoms with Gasteiger partial charge in [0.15, 0.2) is 0 Å². The van der Waals surface area contributed by atoms with Crippen LogP contribution in [0.2, 0.25) is 0 Å². The van der Waals surface area contributed by atoms with Crippen molar-refractivity contribution in [1.82, 2.24) is 14.9 Å². The van der Waals surface area contributed by atoms with Crippen LogP contribution in [0, 0.1) is 5.82 Å². The van der Waals surface area contributed by atoms with Crippen LogP contribution in [0.25, 0.3) is 0 Å². The van der Waals surface area contributed by atoms with E-state index in [-0.39, 0.29) is 23.0 Å². The Morgan fingerprint density at radius 1 is 1.28 bits per heavy atom. The van der Waals surface area contributed by atoms with E-state index < -0.39 is 5.41 Å². The van der Waals surface area contributed by atoms with E-state index in [0.29, 0.717) is 36.7 Å². The summed E-state index contributed by atoms with van der Waals surface area (Å²) in [5, 5.41) is 0. The maximum Gasteiger partial charge on any atom is 0.270 e. The monoisotopic (exact) mass is 395 g/mol. The molecule has 1 saturated heterocycles. The molecule has 7 heteroatoms. The van der Waals surface area contributed by atoms with Crippen LogP contribution in [0.4, 0.5) is 4.39 Å². The Balaban J connectivity index is 1.52. The summed E-state index contributed by atoms with van der Waals surface area (Å²) < 4.78 is 19.9. The molecule has 0 unspecified atom stereocenters. The zero-order chi connectivity index (χ0) is 20.4. The molecule has 1 atom stereocenters. The number of amides is 1. The predicted molar refractivity (Wildman–Crippen MR) is 105 cm³/mol. The molecule has 1 aromatic carbocycles. The number of H-pyrrole nitrogens is 1. The summed E-state index contributed by atoms with van der Waals surface area (Å²) in [4.78, 5) is 33.1. The predicted octanol–water partition coefficient (Wildman–Crippen LogP) is 3.29. The first-order chi connectivity index (χ1) is 13.9. The average molecular weight is 395 g/mol. The van der Waals surface area contributed by atoms with Crippen molar-refractivity contribution in [2.75, 3.05) is 13.1 Å². The number of rotatable bonds is 4. The second-order valence-electron chi connectivity index (χ2n) is 7.72. The number of oxazole rings is 1. The molecule has 3 aromatic rings. The minimum atomic E-state index is -0.448. The Kier molecular flexibility index (Phi) is 5.05. The van der Waals surface area contributed by atoms with Gasteiger partial charge in [0, 0.05) is 25.6 Å². The van der Waals surface area contributed by atoms with Gasteiger partial charge in [-0.15, -0.1) is 0 Å². The van der Waals surface area contributed by atoms with Crippen molar-refractivity contribution < 1.29 is 13.6 Å². The van der Waals surface area contributed by atoms with Crippen molar-refractivity contribution in [3.05, 3.63) is 87.7 Å². The van der Waals surface area contributed by atoms with Crippen LogP contribution in [-0.2, 0) is 11.8 Å². The Morgan fingerprint density at radius 3 is 2.90 bits per heavy atom. The lowest BCUT2D eigenvalue weighted by Crippen LogP contribution is -2.47. The number of piperidine rings is 1. The molecule has 29 heavy (non-hydrogen) atoms. The zero-order valence-electron chi connectivity index (χ0n) is 16.2. The van der Waals surface area contributed by atoms with Crippen molar-refractivity contribution in [1.29, 1.82) is 0 Å². The summed E-state index contributed by atoms with van der Waals surface area (Å²) in [5.74, 6) is 0.639. The van der Waals surface area contributed by atoms with E-state index in [9.17, 15) is 14.0 Å². The van der Waals surface area contributed by atoms with Crippen LogP contribution in [-0.4, -0.2) is 33.9 Å². The first-order valence-electron chi connectivity index (χ1n) is 9.62. The molecule has 3 heterocycles. The van der Waals surface area contributed by atoms with E-state index in [1.54, 1.807) is 41.4 Å². The van der Waals surface area contributed by atoms with E-state index in [1.165, 1.54) is 12.1 Å². The number of nitrogens with one attached hydrogen (secondary N) is 1. The van der Waals surface area contributed by atoms with E-state index >= 15 is 0 Å². The number of halogens is 1. The third kappa shape index (κ3) is 3.99. The molecule has 1 aliphatic heterocycles. The normalized spacial score (nSPS) is 19.3. The number of carbonyl (C=O) groups is 1. The fourth-order valence-electron chi connectivity index (χ4n) is 3.83. The second kappa shape index (κ2) is 7.66. The van der Waals surface area contributed by atoms with Crippen molar-refractivity contribution in [2.24, 2.45) is 0 Å². The number of likely N-dealkylation sites (tertiary alicyclic amines) is 1. The highest BCUT2D eigenvalue weighted by molar-refractivity contribution is 5.92. The highest BCUT2D eigenvalue weighted by Crippen LogP contribution is 2.34. The summed E-state index contributed by atoms with van der Waals surface area (Å²) in [7, 11) is 0. The van der Waals surface area contributed by atoms with Gasteiger partial charge in [-0.05, 0) is 37.5 Å². The van der Waals surface area contributed by atoms with Gasteiger partial charge in [0.2, 0.25) is 11.4 Å². The summed E-state index contributed by atoms with van der Waals surface area (Å²) in [6, 6.07) is 11.1. The maximum absolute atomic E-state index is 13.9. The summed E-state index contributed by atoms with van der Waals surface area (Å²) in [5.41, 5.74) is 0.0700. The molecule has 1 N–H and O–H groups in total. The third-order valence-electron chi connectivity index (χ3n) is 5.37. The molecule has 0 spiro atoms. The molecule has 0 bridgehead atoms. The molecule has 4 rings (SSSR count). The Morgan fingerprint density at radius 2 is 2.10 bits per heavy atom. The van der Waals surface area contributed by atoms with E-state index in [1.807, 2.05) is 6.92 Å². The number of benzene rings is 1. The molecule has 6 nitrogen and oxygen atoms in total. The van der Waals surface area contributed by atoms with Crippen molar-refractivity contribution in [2.45, 2.75) is 31.6 Å². The van der Waals surface area contributed by atoms with Crippen LogP contribution in [0.15, 0.2) is 57.9 Å². The lowest BCUT2D eigenvalue weighted by Gasteiger charge is -2.38. The van der Waals surface area contributed by atoms with Crippen LogP contribution in [0.5, 0.6) is 0 Å². The third-order valence-corrected chi connectivity index (χ3v) is 5.37. The van der Waals surface area contributed by atoms with Gasteiger partial charge in [-0.3, -0.25) is 9.59 Å². The number of nitrogens with zero attached hydrogens (tertiary/aromatic N) is 2. The smallest absolute Gasteiger partial charge is 0.270 e. The molecule has 2 aromatic heterocycles. The van der Waals surface area contributed by atoms with Gasteiger partial charge in [0.25, 0.3) is 5.91 Å². The van der Waals surface area contributed by atoms with Crippen LogP contribution >= 0.6 is 0 Å². The van der Waals surface area contributed by atoms with Crippen LogP contribution in [0.3, 0.4) is 0 Å². The zero-order valence-corrected chi connectivity index (χ0v) is 16.2. The minimum Gasteiger partial charge on any atom is -0.445 e. The quantitative estimate of drug-likeness (QED) is 0.735. The number of pyridine rings is 1. The molecule has 150 valence electrons.